The second-order valence-electron chi connectivity index (χ2n) is 9.49. The number of benzene rings is 2. The van der Waals surface area contributed by atoms with Crippen LogP contribution in [0.4, 0.5) is 0 Å². The standard InChI is InChI=1S/C28H33NO6/c1-17(2)16-35-21-12-9-18(10-13-21)26(30)24-25(19-11-14-22(33-3)23(15-19)34-4)29(28(32)27(24)31)20-7-5-6-8-20/h9-15,17,20,25,30H,5-8,16H2,1-4H3/b26-24-. The number of aliphatic hydroxyl groups is 1. The summed E-state index contributed by atoms with van der Waals surface area (Å²) in [7, 11) is 3.09. The predicted molar refractivity (Wildman–Crippen MR) is 133 cm³/mol. The number of nitrogens with zero attached hydrogens (tertiary/aromatic N) is 1. The molecular formula is C28H33NO6. The average molecular weight is 480 g/mol. The quantitative estimate of drug-likeness (QED) is 0.322. The van der Waals surface area contributed by atoms with Crippen LogP contribution in [0, 0.1) is 5.92 Å². The summed E-state index contributed by atoms with van der Waals surface area (Å²) < 4.78 is 16.6. The Labute approximate surface area is 206 Å². The van der Waals surface area contributed by atoms with Crippen molar-refractivity contribution in [1.29, 1.82) is 0 Å². The van der Waals surface area contributed by atoms with Crippen molar-refractivity contribution in [3.63, 3.8) is 0 Å². The van der Waals surface area contributed by atoms with Crippen molar-refractivity contribution < 1.29 is 28.9 Å². The highest BCUT2D eigenvalue weighted by Gasteiger charge is 2.49. The molecule has 0 bridgehead atoms. The number of ketones is 1. The fourth-order valence-corrected chi connectivity index (χ4v) is 4.89. The molecule has 1 saturated heterocycles. The molecule has 4 rings (SSSR count). The maximum absolute atomic E-state index is 13.3. The number of Topliss-reactive ketones (excluding diaryl/α,β-unsaturated/α-hetero) is 1. The topological polar surface area (TPSA) is 85.3 Å². The third kappa shape index (κ3) is 4.85. The molecule has 1 saturated carbocycles. The molecule has 2 aromatic rings. The summed E-state index contributed by atoms with van der Waals surface area (Å²) in [5.74, 6) is 0.664. The second kappa shape index (κ2) is 10.4. The molecule has 1 unspecified atom stereocenters. The van der Waals surface area contributed by atoms with Gasteiger partial charge in [-0.25, -0.2) is 0 Å². The van der Waals surface area contributed by atoms with Gasteiger partial charge in [0.1, 0.15) is 11.5 Å². The lowest BCUT2D eigenvalue weighted by molar-refractivity contribution is -0.141. The van der Waals surface area contributed by atoms with Gasteiger partial charge in [-0.1, -0.05) is 32.8 Å². The van der Waals surface area contributed by atoms with Crippen molar-refractivity contribution >= 4 is 17.4 Å². The van der Waals surface area contributed by atoms with Crippen molar-refractivity contribution in [2.75, 3.05) is 20.8 Å². The lowest BCUT2D eigenvalue weighted by Gasteiger charge is -2.31. The number of likely N-dealkylation sites (tertiary alicyclic amines) is 1. The zero-order valence-corrected chi connectivity index (χ0v) is 20.7. The maximum Gasteiger partial charge on any atom is 0.295 e. The molecule has 1 amide bonds. The van der Waals surface area contributed by atoms with Gasteiger partial charge in [0, 0.05) is 11.6 Å². The van der Waals surface area contributed by atoms with Crippen LogP contribution in [0.3, 0.4) is 0 Å². The van der Waals surface area contributed by atoms with Gasteiger partial charge in [-0.05, 0) is 60.7 Å². The zero-order valence-electron chi connectivity index (χ0n) is 20.7. The predicted octanol–water partition coefficient (Wildman–Crippen LogP) is 5.10. The van der Waals surface area contributed by atoms with Crippen LogP contribution in [0.2, 0.25) is 0 Å². The molecule has 1 atom stereocenters. The van der Waals surface area contributed by atoms with Gasteiger partial charge in [-0.3, -0.25) is 9.59 Å². The molecule has 1 N–H and O–H groups in total. The van der Waals surface area contributed by atoms with E-state index in [2.05, 4.69) is 13.8 Å². The molecule has 1 aliphatic carbocycles. The van der Waals surface area contributed by atoms with Crippen LogP contribution in [0.25, 0.3) is 5.76 Å². The van der Waals surface area contributed by atoms with Crippen molar-refractivity contribution in [3.8, 4) is 17.2 Å². The SMILES string of the molecule is COc1ccc(C2/C(=C(/O)c3ccc(OCC(C)C)cc3)C(=O)C(=O)N2C2CCCC2)cc1OC. The van der Waals surface area contributed by atoms with E-state index in [1.54, 1.807) is 55.5 Å². The minimum atomic E-state index is -0.713. The Balaban J connectivity index is 1.79. The third-order valence-electron chi connectivity index (χ3n) is 6.63. The molecule has 1 heterocycles. The van der Waals surface area contributed by atoms with Crippen LogP contribution < -0.4 is 14.2 Å². The maximum atomic E-state index is 13.3. The van der Waals surface area contributed by atoms with E-state index < -0.39 is 17.7 Å². The largest absolute Gasteiger partial charge is 0.507 e. The van der Waals surface area contributed by atoms with Crippen LogP contribution in [0.15, 0.2) is 48.0 Å². The Morgan fingerprint density at radius 1 is 1.00 bits per heavy atom. The second-order valence-corrected chi connectivity index (χ2v) is 9.49. The fourth-order valence-electron chi connectivity index (χ4n) is 4.89. The van der Waals surface area contributed by atoms with E-state index in [1.165, 1.54) is 0 Å². The van der Waals surface area contributed by atoms with E-state index in [0.717, 1.165) is 25.7 Å². The van der Waals surface area contributed by atoms with Crippen LogP contribution in [0.1, 0.15) is 56.7 Å². The van der Waals surface area contributed by atoms with Gasteiger partial charge in [0.15, 0.2) is 11.5 Å². The lowest BCUT2D eigenvalue weighted by Crippen LogP contribution is -2.37. The van der Waals surface area contributed by atoms with E-state index >= 15 is 0 Å². The third-order valence-corrected chi connectivity index (χ3v) is 6.63. The van der Waals surface area contributed by atoms with E-state index in [1.807, 2.05) is 6.07 Å². The van der Waals surface area contributed by atoms with Crippen LogP contribution in [-0.4, -0.2) is 48.6 Å². The Hall–Kier alpha value is -3.48. The Morgan fingerprint density at radius 3 is 2.26 bits per heavy atom. The molecule has 186 valence electrons. The summed E-state index contributed by atoms with van der Waals surface area (Å²) in [6, 6.07) is 11.5. The summed E-state index contributed by atoms with van der Waals surface area (Å²) in [5.41, 5.74) is 1.23. The molecule has 0 aromatic heterocycles. The summed E-state index contributed by atoms with van der Waals surface area (Å²) in [5, 5.41) is 11.3. The van der Waals surface area contributed by atoms with E-state index in [-0.39, 0.29) is 17.4 Å². The van der Waals surface area contributed by atoms with Gasteiger partial charge in [-0.2, -0.15) is 0 Å². The smallest absolute Gasteiger partial charge is 0.295 e. The Kier molecular flexibility index (Phi) is 7.34. The van der Waals surface area contributed by atoms with E-state index in [9.17, 15) is 14.7 Å². The first kappa shape index (κ1) is 24.6. The number of carbonyl (C=O) groups is 2. The number of methoxy groups -OCH3 is 2. The number of hydrogen-bond acceptors (Lipinski definition) is 6. The van der Waals surface area contributed by atoms with E-state index in [4.69, 9.17) is 14.2 Å². The minimum Gasteiger partial charge on any atom is -0.507 e. The van der Waals surface area contributed by atoms with Crippen molar-refractivity contribution in [1.82, 2.24) is 4.90 Å². The minimum absolute atomic E-state index is 0.0540. The molecule has 1 aliphatic heterocycles. The molecule has 0 spiro atoms. The van der Waals surface area contributed by atoms with Gasteiger partial charge in [0.2, 0.25) is 0 Å². The van der Waals surface area contributed by atoms with Crippen LogP contribution in [0.5, 0.6) is 17.2 Å². The Bertz CT molecular complexity index is 1110. The van der Waals surface area contributed by atoms with Crippen molar-refractivity contribution in [2.45, 2.75) is 51.6 Å². The van der Waals surface area contributed by atoms with Gasteiger partial charge in [0.05, 0.1) is 32.4 Å². The molecule has 2 aromatic carbocycles. The van der Waals surface area contributed by atoms with Gasteiger partial charge in [0.25, 0.3) is 11.7 Å². The number of rotatable bonds is 8. The number of hydrogen-bond donors (Lipinski definition) is 1. The summed E-state index contributed by atoms with van der Waals surface area (Å²) in [6.45, 7) is 4.71. The monoisotopic (exact) mass is 479 g/mol. The molecule has 2 aliphatic rings. The molecule has 7 heteroatoms. The number of carbonyl (C=O) groups excluding carboxylic acids is 2. The van der Waals surface area contributed by atoms with E-state index in [0.29, 0.717) is 40.9 Å². The lowest BCUT2D eigenvalue weighted by atomic mass is 9.94. The highest BCUT2D eigenvalue weighted by atomic mass is 16.5. The first-order chi connectivity index (χ1) is 16.8. The van der Waals surface area contributed by atoms with Crippen molar-refractivity contribution in [2.24, 2.45) is 5.92 Å². The molecular weight excluding hydrogens is 446 g/mol. The highest BCUT2D eigenvalue weighted by molar-refractivity contribution is 6.46. The number of aliphatic hydroxyl groups excluding tert-OH is 1. The van der Waals surface area contributed by atoms with Gasteiger partial charge < -0.3 is 24.2 Å². The molecule has 7 nitrogen and oxygen atoms in total. The first-order valence-corrected chi connectivity index (χ1v) is 12.1. The zero-order chi connectivity index (χ0) is 25.1. The van der Waals surface area contributed by atoms with Crippen LogP contribution >= 0.6 is 0 Å². The fraction of sp³-hybridized carbons (Fsp3) is 0.429. The normalized spacial score (nSPS) is 20.0. The van der Waals surface area contributed by atoms with Crippen molar-refractivity contribution in [3.05, 3.63) is 59.2 Å². The summed E-state index contributed by atoms with van der Waals surface area (Å²) in [4.78, 5) is 28.2. The number of amides is 1. The molecule has 0 radical (unpaired) electrons. The van der Waals surface area contributed by atoms with Gasteiger partial charge >= 0.3 is 0 Å². The molecule has 2 fully saturated rings. The first-order valence-electron chi connectivity index (χ1n) is 12.1. The average Bonchev–Trinajstić information content (AvgIpc) is 3.48. The summed E-state index contributed by atoms with van der Waals surface area (Å²) >= 11 is 0. The summed E-state index contributed by atoms with van der Waals surface area (Å²) in [6.07, 6.45) is 3.67. The molecule has 35 heavy (non-hydrogen) atoms. The van der Waals surface area contributed by atoms with Gasteiger partial charge in [-0.15, -0.1) is 0 Å². The number of ether oxygens (including phenoxy) is 3. The van der Waals surface area contributed by atoms with Crippen LogP contribution in [-0.2, 0) is 9.59 Å². The Morgan fingerprint density at radius 2 is 1.66 bits per heavy atom. The highest BCUT2D eigenvalue weighted by Crippen LogP contribution is 2.45.